The van der Waals surface area contributed by atoms with Crippen molar-refractivity contribution >= 4 is 17.8 Å². The van der Waals surface area contributed by atoms with Crippen LogP contribution in [0, 0.1) is 0 Å². The third kappa shape index (κ3) is 2.05. The summed E-state index contributed by atoms with van der Waals surface area (Å²) in [5.41, 5.74) is 0. The van der Waals surface area contributed by atoms with E-state index in [1.54, 1.807) is 0 Å². The summed E-state index contributed by atoms with van der Waals surface area (Å²) in [6.07, 6.45) is 0.725. The van der Waals surface area contributed by atoms with Crippen LogP contribution in [0.4, 0.5) is 0 Å². The summed E-state index contributed by atoms with van der Waals surface area (Å²) in [4.78, 5) is 31.9. The Balaban J connectivity index is 2.43. The van der Waals surface area contributed by atoms with Gasteiger partial charge in [-0.3, -0.25) is 9.59 Å². The third-order valence-electron chi connectivity index (χ3n) is 1.52. The van der Waals surface area contributed by atoms with E-state index in [4.69, 9.17) is 0 Å². The van der Waals surface area contributed by atoms with Gasteiger partial charge in [0, 0.05) is 13.3 Å². The molecule has 1 atom stereocenters. The fourth-order valence-electron chi connectivity index (χ4n) is 1.00. The van der Waals surface area contributed by atoms with E-state index < -0.39 is 18.0 Å². The van der Waals surface area contributed by atoms with Gasteiger partial charge in [0.15, 0.2) is 0 Å². The largest absolute Gasteiger partial charge is 0.392 e. The second-order valence-corrected chi connectivity index (χ2v) is 2.57. The van der Waals surface area contributed by atoms with E-state index in [1.165, 1.54) is 0 Å². The van der Waals surface area contributed by atoms with Gasteiger partial charge in [0.05, 0.1) is 0 Å². The van der Waals surface area contributed by atoms with E-state index in [9.17, 15) is 14.4 Å². The summed E-state index contributed by atoms with van der Waals surface area (Å²) in [5.74, 6) is -1.50. The van der Waals surface area contributed by atoms with Crippen molar-refractivity contribution in [2.75, 3.05) is 0 Å². The lowest BCUT2D eigenvalue weighted by Gasteiger charge is -2.06. The Morgan fingerprint density at radius 1 is 1.58 bits per heavy atom. The third-order valence-corrected chi connectivity index (χ3v) is 1.52. The Bertz CT molecular complexity index is 236. The molecule has 12 heavy (non-hydrogen) atoms. The average molecular weight is 171 g/mol. The van der Waals surface area contributed by atoms with Gasteiger partial charge in [0.1, 0.15) is 6.04 Å². The minimum atomic E-state index is -0.673. The number of hydrogen-bond donors (Lipinski definition) is 1. The molecule has 5 heteroatoms. The van der Waals surface area contributed by atoms with Gasteiger partial charge >= 0.3 is 11.9 Å². The lowest BCUT2D eigenvalue weighted by molar-refractivity contribution is -0.159. The zero-order valence-electron chi connectivity index (χ0n) is 6.62. The number of carbonyl (C=O) groups excluding carboxylic acids is 3. The molecule has 1 unspecified atom stereocenters. The first-order valence-corrected chi connectivity index (χ1v) is 3.61. The fraction of sp³-hybridized carbons (Fsp3) is 0.571. The Labute approximate surface area is 69.1 Å². The number of carbonyl (C=O) groups is 3. The molecule has 1 heterocycles. The van der Waals surface area contributed by atoms with Crippen LogP contribution in [0.3, 0.4) is 0 Å². The SMILES string of the molecule is CC(=O)OC(=O)C1CCC(=O)N1. The topological polar surface area (TPSA) is 72.5 Å². The van der Waals surface area contributed by atoms with Crippen molar-refractivity contribution in [3.05, 3.63) is 0 Å². The molecule has 0 aromatic heterocycles. The standard InChI is InChI=1S/C7H9NO4/c1-4(9)12-7(11)5-2-3-6(10)8-5/h5H,2-3H2,1H3,(H,8,10). The maximum atomic E-state index is 10.9. The minimum Gasteiger partial charge on any atom is -0.392 e. The highest BCUT2D eigenvalue weighted by molar-refractivity contribution is 5.92. The van der Waals surface area contributed by atoms with Crippen LogP contribution in [0.5, 0.6) is 0 Å². The molecule has 0 radical (unpaired) electrons. The quantitative estimate of drug-likeness (QED) is 0.420. The second kappa shape index (κ2) is 3.34. The van der Waals surface area contributed by atoms with Crippen molar-refractivity contribution in [3.63, 3.8) is 0 Å². The zero-order valence-corrected chi connectivity index (χ0v) is 6.62. The van der Waals surface area contributed by atoms with Crippen molar-refractivity contribution < 1.29 is 19.1 Å². The normalized spacial score (nSPS) is 21.8. The van der Waals surface area contributed by atoms with Crippen molar-refractivity contribution in [1.29, 1.82) is 0 Å². The number of hydrogen-bond acceptors (Lipinski definition) is 4. The molecule has 0 saturated carbocycles. The van der Waals surface area contributed by atoms with Crippen LogP contribution < -0.4 is 5.32 Å². The van der Waals surface area contributed by atoms with Crippen LogP contribution in [-0.4, -0.2) is 23.9 Å². The average Bonchev–Trinajstić information content (AvgIpc) is 2.34. The number of amides is 1. The smallest absolute Gasteiger partial charge is 0.336 e. The molecule has 0 spiro atoms. The molecule has 1 rings (SSSR count). The molecular formula is C7H9NO4. The summed E-state index contributed by atoms with van der Waals surface area (Å²) in [7, 11) is 0. The van der Waals surface area contributed by atoms with Crippen LogP contribution in [0.15, 0.2) is 0 Å². The van der Waals surface area contributed by atoms with Crippen molar-refractivity contribution in [2.24, 2.45) is 0 Å². The first-order chi connectivity index (χ1) is 5.59. The van der Waals surface area contributed by atoms with Crippen LogP contribution in [0.2, 0.25) is 0 Å². The first kappa shape index (κ1) is 8.70. The monoisotopic (exact) mass is 171 g/mol. The molecule has 1 aliphatic rings. The van der Waals surface area contributed by atoms with Gasteiger partial charge in [-0.05, 0) is 6.42 Å². The lowest BCUT2D eigenvalue weighted by Crippen LogP contribution is -2.35. The highest BCUT2D eigenvalue weighted by Gasteiger charge is 2.29. The molecular weight excluding hydrogens is 162 g/mol. The molecule has 1 N–H and O–H groups in total. The maximum Gasteiger partial charge on any atom is 0.336 e. The fourth-order valence-corrected chi connectivity index (χ4v) is 1.00. The van der Waals surface area contributed by atoms with Crippen molar-refractivity contribution in [3.8, 4) is 0 Å². The van der Waals surface area contributed by atoms with Gasteiger partial charge in [0.25, 0.3) is 0 Å². The second-order valence-electron chi connectivity index (χ2n) is 2.57. The molecule has 1 aliphatic heterocycles. The van der Waals surface area contributed by atoms with E-state index >= 15 is 0 Å². The number of ether oxygens (including phenoxy) is 1. The molecule has 66 valence electrons. The van der Waals surface area contributed by atoms with E-state index in [0.717, 1.165) is 6.92 Å². The zero-order chi connectivity index (χ0) is 9.14. The predicted molar refractivity (Wildman–Crippen MR) is 37.9 cm³/mol. The molecule has 0 aliphatic carbocycles. The van der Waals surface area contributed by atoms with Gasteiger partial charge < -0.3 is 10.1 Å². The molecule has 0 bridgehead atoms. The van der Waals surface area contributed by atoms with Crippen LogP contribution in [0.25, 0.3) is 0 Å². The summed E-state index contributed by atoms with van der Waals surface area (Å²) in [6, 6.07) is -0.638. The van der Waals surface area contributed by atoms with Gasteiger partial charge in [0.2, 0.25) is 5.91 Å². The molecule has 0 aromatic carbocycles. The van der Waals surface area contributed by atoms with Crippen LogP contribution >= 0.6 is 0 Å². The Morgan fingerprint density at radius 3 is 2.67 bits per heavy atom. The Hall–Kier alpha value is -1.39. The maximum absolute atomic E-state index is 10.9. The van der Waals surface area contributed by atoms with E-state index in [1.807, 2.05) is 0 Å². The summed E-state index contributed by atoms with van der Waals surface area (Å²) < 4.78 is 4.29. The minimum absolute atomic E-state index is 0.180. The van der Waals surface area contributed by atoms with Gasteiger partial charge in [-0.25, -0.2) is 4.79 Å². The summed E-state index contributed by atoms with van der Waals surface area (Å²) >= 11 is 0. The highest BCUT2D eigenvalue weighted by atomic mass is 16.6. The summed E-state index contributed by atoms with van der Waals surface area (Å²) in [5, 5.41) is 2.39. The van der Waals surface area contributed by atoms with Crippen LogP contribution in [-0.2, 0) is 19.1 Å². The molecule has 1 amide bonds. The van der Waals surface area contributed by atoms with Crippen molar-refractivity contribution in [1.82, 2.24) is 5.32 Å². The van der Waals surface area contributed by atoms with E-state index in [2.05, 4.69) is 10.1 Å². The van der Waals surface area contributed by atoms with Gasteiger partial charge in [-0.15, -0.1) is 0 Å². The van der Waals surface area contributed by atoms with Gasteiger partial charge in [-0.2, -0.15) is 0 Å². The molecule has 0 aromatic rings. The van der Waals surface area contributed by atoms with Crippen LogP contribution in [0.1, 0.15) is 19.8 Å². The van der Waals surface area contributed by atoms with Gasteiger partial charge in [-0.1, -0.05) is 0 Å². The molecule has 1 saturated heterocycles. The van der Waals surface area contributed by atoms with Crippen molar-refractivity contribution in [2.45, 2.75) is 25.8 Å². The highest BCUT2D eigenvalue weighted by Crippen LogP contribution is 2.07. The number of nitrogens with one attached hydrogen (secondary N) is 1. The number of esters is 2. The van der Waals surface area contributed by atoms with E-state index in [0.29, 0.717) is 12.8 Å². The molecule has 1 fully saturated rings. The lowest BCUT2D eigenvalue weighted by atomic mass is 10.2. The Kier molecular flexibility index (Phi) is 2.42. The molecule has 5 nitrogen and oxygen atoms in total. The Morgan fingerprint density at radius 2 is 2.25 bits per heavy atom. The summed E-state index contributed by atoms with van der Waals surface area (Å²) in [6.45, 7) is 1.15. The number of rotatable bonds is 1. The first-order valence-electron chi connectivity index (χ1n) is 3.61. The van der Waals surface area contributed by atoms with E-state index in [-0.39, 0.29) is 5.91 Å². The predicted octanol–water partition coefficient (Wildman–Crippen LogP) is -0.645.